The summed E-state index contributed by atoms with van der Waals surface area (Å²) in [6.07, 6.45) is 1.11. The van der Waals surface area contributed by atoms with Crippen molar-refractivity contribution in [3.05, 3.63) is 0 Å². The number of hydrogen-bond donors (Lipinski definition) is 0. The van der Waals surface area contributed by atoms with E-state index in [-0.39, 0.29) is 6.61 Å². The fourth-order valence-corrected chi connectivity index (χ4v) is 9.74. The molecule has 162 valence electrons. The van der Waals surface area contributed by atoms with Crippen LogP contribution in [0.15, 0.2) is 5.16 Å². The molecule has 27 heavy (non-hydrogen) atoms. The molecule has 0 aliphatic carbocycles. The zero-order valence-electron chi connectivity index (χ0n) is 19.2. The molecule has 0 N–H and O–H groups in total. The predicted molar refractivity (Wildman–Crippen MR) is 124 cm³/mol. The van der Waals surface area contributed by atoms with Gasteiger partial charge in [0.05, 0.1) is 12.8 Å². The molecule has 0 spiro atoms. The number of nitrogens with zero attached hydrogens (tertiary/aromatic N) is 1. The van der Waals surface area contributed by atoms with Crippen molar-refractivity contribution in [2.24, 2.45) is 5.16 Å². The molecule has 0 amide bonds. The van der Waals surface area contributed by atoms with Crippen molar-refractivity contribution in [2.45, 2.75) is 84.7 Å². The monoisotopic (exact) mass is 473 g/mol. The third kappa shape index (κ3) is 17.0. The minimum atomic E-state index is -3.68. The predicted octanol–water partition coefficient (Wildman–Crippen LogP) is 5.87. The van der Waals surface area contributed by atoms with E-state index in [1.807, 2.05) is 58.9 Å². The maximum atomic E-state index is 13.2. The van der Waals surface area contributed by atoms with Crippen molar-refractivity contribution >= 4 is 47.3 Å². The van der Waals surface area contributed by atoms with E-state index >= 15 is 0 Å². The average Bonchev–Trinajstić information content (AvgIpc) is 2.27. The van der Waals surface area contributed by atoms with E-state index in [0.29, 0.717) is 0 Å². The SMILES string of the molecule is C[Si](C)(C)O/N=C/[C@@H](COP(=O)(O[Si](C)(C)C)O[Si](C)(C)C)O[Si](C)(C)C. The van der Waals surface area contributed by atoms with Crippen LogP contribution < -0.4 is 0 Å². The second kappa shape index (κ2) is 9.94. The summed E-state index contributed by atoms with van der Waals surface area (Å²) in [6, 6.07) is 0. The quantitative estimate of drug-likeness (QED) is 0.153. The fraction of sp³-hybridized carbons (Fsp3) is 0.933. The maximum Gasteiger partial charge on any atom is 0.455 e. The van der Waals surface area contributed by atoms with E-state index in [4.69, 9.17) is 21.9 Å². The maximum absolute atomic E-state index is 13.2. The summed E-state index contributed by atoms with van der Waals surface area (Å²) in [5.41, 5.74) is 0. The third-order valence-corrected chi connectivity index (χ3v) is 10.5. The Bertz CT molecular complexity index is 514. The molecule has 12 heteroatoms. The Morgan fingerprint density at radius 1 is 0.778 bits per heavy atom. The van der Waals surface area contributed by atoms with Crippen LogP contribution in [0.2, 0.25) is 78.6 Å². The first-order valence-electron chi connectivity index (χ1n) is 9.25. The van der Waals surface area contributed by atoms with E-state index in [0.717, 1.165) is 0 Å². The van der Waals surface area contributed by atoms with Gasteiger partial charge in [-0.25, -0.2) is 4.57 Å². The van der Waals surface area contributed by atoms with E-state index in [9.17, 15) is 4.57 Å². The topological polar surface area (TPSA) is 75.6 Å². The molecule has 0 saturated carbocycles. The summed E-state index contributed by atoms with van der Waals surface area (Å²) in [5.74, 6) is 0. The first-order chi connectivity index (χ1) is 11.7. The Morgan fingerprint density at radius 2 is 1.22 bits per heavy atom. The van der Waals surface area contributed by atoms with Gasteiger partial charge in [-0.05, 0) is 78.6 Å². The Morgan fingerprint density at radius 3 is 1.56 bits per heavy atom. The van der Waals surface area contributed by atoms with E-state index in [1.54, 1.807) is 6.21 Å². The minimum absolute atomic E-state index is 0.0368. The third-order valence-electron chi connectivity index (χ3n) is 2.23. The van der Waals surface area contributed by atoms with Crippen LogP contribution in [0.25, 0.3) is 0 Å². The number of phosphoric acid groups is 1. The van der Waals surface area contributed by atoms with Crippen molar-refractivity contribution in [1.82, 2.24) is 0 Å². The Kier molecular flexibility index (Phi) is 10.1. The zero-order chi connectivity index (χ0) is 21.7. The molecule has 1 atom stereocenters. The lowest BCUT2D eigenvalue weighted by Gasteiger charge is -2.31. The summed E-state index contributed by atoms with van der Waals surface area (Å²) in [7, 11) is -11.6. The minimum Gasteiger partial charge on any atom is -0.456 e. The van der Waals surface area contributed by atoms with Gasteiger partial charge in [-0.1, -0.05) is 0 Å². The van der Waals surface area contributed by atoms with Crippen LogP contribution in [0.5, 0.6) is 0 Å². The van der Waals surface area contributed by atoms with Gasteiger partial charge in [0.2, 0.25) is 0 Å². The molecule has 0 aromatic heterocycles. The van der Waals surface area contributed by atoms with Crippen molar-refractivity contribution in [3.8, 4) is 0 Å². The summed E-state index contributed by atoms with van der Waals surface area (Å²) in [6.45, 7) is 24.1. The lowest BCUT2D eigenvalue weighted by molar-refractivity contribution is 0.138. The Hall–Kier alpha value is 0.408. The number of oxime groups is 1. The molecule has 0 fully saturated rings. The van der Waals surface area contributed by atoms with E-state index in [1.165, 1.54) is 0 Å². The van der Waals surface area contributed by atoms with Gasteiger partial charge in [0.15, 0.2) is 25.0 Å². The molecule has 0 heterocycles. The molecule has 0 aromatic rings. The van der Waals surface area contributed by atoms with Crippen molar-refractivity contribution < 1.29 is 26.5 Å². The molecule has 0 rings (SSSR count). The van der Waals surface area contributed by atoms with Gasteiger partial charge >= 0.3 is 7.82 Å². The lowest BCUT2D eigenvalue weighted by atomic mass is 10.4. The molecular weight excluding hydrogens is 433 g/mol. The van der Waals surface area contributed by atoms with E-state index in [2.05, 4.69) is 24.8 Å². The van der Waals surface area contributed by atoms with Crippen LogP contribution in [-0.2, 0) is 26.5 Å². The van der Waals surface area contributed by atoms with Gasteiger partial charge in [-0.2, -0.15) is 0 Å². The summed E-state index contributed by atoms with van der Waals surface area (Å²) >= 11 is 0. The zero-order valence-corrected chi connectivity index (χ0v) is 24.1. The summed E-state index contributed by atoms with van der Waals surface area (Å²) in [4.78, 5) is 0. The molecule has 0 radical (unpaired) electrons. The Labute approximate surface area is 170 Å². The van der Waals surface area contributed by atoms with Crippen LogP contribution >= 0.6 is 7.82 Å². The lowest BCUT2D eigenvalue weighted by Crippen LogP contribution is -2.37. The molecule has 0 unspecified atom stereocenters. The highest BCUT2D eigenvalue weighted by atomic mass is 31.2. The molecule has 0 bridgehead atoms. The van der Waals surface area contributed by atoms with Crippen LogP contribution in [0.4, 0.5) is 0 Å². The second-order valence-electron chi connectivity index (χ2n) is 10.4. The number of hydrogen-bond acceptors (Lipinski definition) is 7. The molecule has 0 aliphatic rings. The van der Waals surface area contributed by atoms with Crippen LogP contribution in [0.3, 0.4) is 0 Å². The average molecular weight is 474 g/mol. The molecule has 0 aliphatic heterocycles. The standard InChI is InChI=1S/C15H40NO6PSi4/c1-24(2,3)19-15(13-16-20-25(4,5)6)14-18-23(17,21-26(7,8)9)22-27(10,11)12/h13,15H,14H2,1-12H3/b16-13+/t15-/m0/s1. The smallest absolute Gasteiger partial charge is 0.455 e. The highest BCUT2D eigenvalue weighted by Crippen LogP contribution is 2.54. The highest BCUT2D eigenvalue weighted by molar-refractivity contribution is 7.52. The number of rotatable bonds is 12. The molecular formula is C15H40NO6PSi4. The molecule has 0 saturated heterocycles. The van der Waals surface area contributed by atoms with Gasteiger partial charge in [0.1, 0.15) is 6.10 Å². The van der Waals surface area contributed by atoms with Crippen LogP contribution in [-0.4, -0.2) is 52.2 Å². The summed E-state index contributed by atoms with van der Waals surface area (Å²) < 4.78 is 42.2. The van der Waals surface area contributed by atoms with Gasteiger partial charge in [0.25, 0.3) is 8.32 Å². The van der Waals surface area contributed by atoms with Crippen molar-refractivity contribution in [3.63, 3.8) is 0 Å². The highest BCUT2D eigenvalue weighted by Gasteiger charge is 2.39. The van der Waals surface area contributed by atoms with Gasteiger partial charge in [-0.3, -0.25) is 4.52 Å². The van der Waals surface area contributed by atoms with Crippen molar-refractivity contribution in [1.29, 1.82) is 0 Å². The van der Waals surface area contributed by atoms with Crippen LogP contribution in [0.1, 0.15) is 0 Å². The fourth-order valence-electron chi connectivity index (χ4n) is 1.72. The van der Waals surface area contributed by atoms with Gasteiger partial charge in [-0.15, -0.1) is 5.16 Å². The van der Waals surface area contributed by atoms with E-state index < -0.39 is 47.2 Å². The second-order valence-corrected chi connectivity index (χ2v) is 30.3. The van der Waals surface area contributed by atoms with Crippen LogP contribution in [0, 0.1) is 0 Å². The molecule has 7 nitrogen and oxygen atoms in total. The van der Waals surface area contributed by atoms with Gasteiger partial charge in [0, 0.05) is 0 Å². The normalized spacial score (nSPS) is 16.0. The first-order valence-corrected chi connectivity index (χ1v) is 24.3. The summed E-state index contributed by atoms with van der Waals surface area (Å²) in [5, 5.41) is 4.08. The molecule has 0 aromatic carbocycles. The largest absolute Gasteiger partial charge is 0.456 e. The first kappa shape index (κ1) is 27.4. The van der Waals surface area contributed by atoms with Crippen molar-refractivity contribution in [2.75, 3.05) is 6.61 Å². The van der Waals surface area contributed by atoms with Gasteiger partial charge < -0.3 is 17.4 Å². The Balaban J connectivity index is 5.31.